The molecular weight excluding hydrogens is 621 g/mol. The lowest BCUT2D eigenvalue weighted by molar-refractivity contribution is -0.217. The molecule has 5 aliphatic carbocycles. The Balaban J connectivity index is 1.12. The molecular formula is C40H58N2O5S. The predicted octanol–water partition coefficient (Wildman–Crippen LogP) is 7.22. The first-order valence-corrected chi connectivity index (χ1v) is 20.6. The average molecular weight is 679 g/mol. The zero-order chi connectivity index (χ0) is 34.5. The van der Waals surface area contributed by atoms with Crippen molar-refractivity contribution < 1.29 is 23.1 Å². The zero-order valence-corrected chi connectivity index (χ0v) is 30.9. The fourth-order valence-corrected chi connectivity index (χ4v) is 14.5. The molecule has 1 aliphatic heterocycles. The number of nitrogens with zero attached hydrogens (tertiary/aromatic N) is 1. The van der Waals surface area contributed by atoms with E-state index in [-0.39, 0.29) is 50.7 Å². The molecule has 4 saturated carbocycles. The quantitative estimate of drug-likeness (QED) is 0.341. The first-order chi connectivity index (χ1) is 22.5. The van der Waals surface area contributed by atoms with Crippen LogP contribution >= 0.6 is 0 Å². The number of amides is 1. The third-order valence-electron chi connectivity index (χ3n) is 16.1. The fraction of sp³-hybridized carbons (Fsp3) is 0.750. The molecule has 8 heteroatoms. The Kier molecular flexibility index (Phi) is 8.15. The highest BCUT2D eigenvalue weighted by atomic mass is 32.2. The van der Waals surface area contributed by atoms with E-state index in [0.717, 1.165) is 31.2 Å². The van der Waals surface area contributed by atoms with Gasteiger partial charge in [0.1, 0.15) is 0 Å². The predicted molar refractivity (Wildman–Crippen MR) is 190 cm³/mol. The van der Waals surface area contributed by atoms with E-state index in [9.17, 15) is 23.1 Å². The number of rotatable bonds is 5. The molecule has 6 aliphatic rings. The Morgan fingerprint density at radius 3 is 2.21 bits per heavy atom. The summed E-state index contributed by atoms with van der Waals surface area (Å²) in [4.78, 5) is 27.4. The van der Waals surface area contributed by atoms with Crippen LogP contribution in [-0.2, 0) is 14.6 Å². The maximum absolute atomic E-state index is 13.8. The van der Waals surface area contributed by atoms with Gasteiger partial charge in [0.25, 0.3) is 0 Å². The molecule has 7 nitrogen and oxygen atoms in total. The van der Waals surface area contributed by atoms with Crippen molar-refractivity contribution in [2.45, 2.75) is 117 Å². The summed E-state index contributed by atoms with van der Waals surface area (Å²) in [5, 5.41) is 13.1. The maximum atomic E-state index is 13.8. The van der Waals surface area contributed by atoms with Crippen LogP contribution in [0.2, 0.25) is 0 Å². The minimum Gasteiger partial charge on any atom is -0.478 e. The minimum atomic E-state index is -2.99. The molecule has 48 heavy (non-hydrogen) atoms. The van der Waals surface area contributed by atoms with Crippen LogP contribution in [-0.4, -0.2) is 66.5 Å². The first kappa shape index (κ1) is 34.3. The number of carboxylic acid groups (broad SMARTS) is 1. The van der Waals surface area contributed by atoms with Crippen LogP contribution in [0.15, 0.2) is 30.3 Å². The molecule has 1 amide bonds. The summed E-state index contributed by atoms with van der Waals surface area (Å²) in [5.41, 5.74) is 3.37. The summed E-state index contributed by atoms with van der Waals surface area (Å²) in [5.74, 6) is 1.79. The number of carbonyl (C=O) groups is 2. The van der Waals surface area contributed by atoms with Gasteiger partial charge in [0.05, 0.1) is 23.1 Å². The van der Waals surface area contributed by atoms with Crippen molar-refractivity contribution in [1.29, 1.82) is 0 Å². The van der Waals surface area contributed by atoms with Gasteiger partial charge in [-0.15, -0.1) is 0 Å². The summed E-state index contributed by atoms with van der Waals surface area (Å²) >= 11 is 0. The number of benzene rings is 1. The van der Waals surface area contributed by atoms with Gasteiger partial charge in [0, 0.05) is 18.6 Å². The molecule has 2 N–H and O–H groups in total. The average Bonchev–Trinajstić information content (AvgIpc) is 3.44. The molecule has 0 radical (unpaired) electrons. The van der Waals surface area contributed by atoms with Gasteiger partial charge >= 0.3 is 5.97 Å². The number of hydrogen-bond donors (Lipinski definition) is 2. The number of sulfone groups is 1. The van der Waals surface area contributed by atoms with Crippen LogP contribution in [0.1, 0.15) is 122 Å². The van der Waals surface area contributed by atoms with E-state index in [0.29, 0.717) is 42.3 Å². The summed E-state index contributed by atoms with van der Waals surface area (Å²) in [6, 6.07) is 7.20. The Morgan fingerprint density at radius 2 is 1.54 bits per heavy atom. The molecule has 1 aromatic carbocycles. The second kappa shape index (κ2) is 11.4. The van der Waals surface area contributed by atoms with Gasteiger partial charge in [-0.25, -0.2) is 13.2 Å². The number of carbonyl (C=O) groups excluding carboxylic acids is 1. The number of fused-ring (bicyclic) bond motifs is 7. The minimum absolute atomic E-state index is 0.0104. The third-order valence-corrected chi connectivity index (χ3v) is 17.7. The molecule has 0 bridgehead atoms. The van der Waals surface area contributed by atoms with E-state index in [4.69, 9.17) is 0 Å². The van der Waals surface area contributed by atoms with Crippen molar-refractivity contribution in [3.63, 3.8) is 0 Å². The lowest BCUT2D eigenvalue weighted by Gasteiger charge is -2.72. The molecule has 1 heterocycles. The molecule has 9 atom stereocenters. The Bertz CT molecular complexity index is 1600. The lowest BCUT2D eigenvalue weighted by Crippen LogP contribution is -2.68. The van der Waals surface area contributed by atoms with E-state index in [2.05, 4.69) is 50.9 Å². The molecule has 7 rings (SSSR count). The van der Waals surface area contributed by atoms with E-state index in [1.54, 1.807) is 12.1 Å². The first-order valence-electron chi connectivity index (χ1n) is 18.8. The third kappa shape index (κ3) is 4.99. The molecule has 0 aromatic heterocycles. The summed E-state index contributed by atoms with van der Waals surface area (Å²) in [6.07, 6.45) is 14.1. The topological polar surface area (TPSA) is 104 Å². The Hall–Kier alpha value is -2.19. The van der Waals surface area contributed by atoms with Gasteiger partial charge in [-0.3, -0.25) is 9.69 Å². The molecule has 4 unspecified atom stereocenters. The van der Waals surface area contributed by atoms with Crippen LogP contribution in [0, 0.1) is 45.3 Å². The van der Waals surface area contributed by atoms with Crippen molar-refractivity contribution in [3.05, 3.63) is 41.5 Å². The van der Waals surface area contributed by atoms with E-state index >= 15 is 0 Å². The summed E-state index contributed by atoms with van der Waals surface area (Å²) in [7, 11) is -2.99. The van der Waals surface area contributed by atoms with Crippen LogP contribution < -0.4 is 5.32 Å². The number of hydrogen-bond acceptors (Lipinski definition) is 5. The van der Waals surface area contributed by atoms with Crippen molar-refractivity contribution >= 4 is 27.3 Å². The van der Waals surface area contributed by atoms with E-state index in [1.165, 1.54) is 44.1 Å². The molecule has 0 spiro atoms. The molecule has 5 fully saturated rings. The largest absolute Gasteiger partial charge is 0.478 e. The normalized spacial score (nSPS) is 42.2. The maximum Gasteiger partial charge on any atom is 0.335 e. The van der Waals surface area contributed by atoms with Gasteiger partial charge < -0.3 is 10.4 Å². The fourth-order valence-electron chi connectivity index (χ4n) is 13.3. The number of aromatic carboxylic acids is 1. The van der Waals surface area contributed by atoms with Gasteiger partial charge in [-0.05, 0) is 133 Å². The van der Waals surface area contributed by atoms with Crippen LogP contribution in [0.3, 0.4) is 0 Å². The number of carboxylic acids is 1. The van der Waals surface area contributed by atoms with Crippen molar-refractivity contribution in [1.82, 2.24) is 10.2 Å². The Morgan fingerprint density at radius 1 is 0.854 bits per heavy atom. The van der Waals surface area contributed by atoms with Gasteiger partial charge in [-0.2, -0.15) is 0 Å². The van der Waals surface area contributed by atoms with Crippen molar-refractivity contribution in [3.8, 4) is 0 Å². The number of allylic oxidation sites excluding steroid dienone is 2. The monoisotopic (exact) mass is 678 g/mol. The second-order valence-corrected chi connectivity index (χ2v) is 20.4. The molecule has 1 saturated heterocycles. The lowest BCUT2D eigenvalue weighted by atomic mass is 9.33. The summed E-state index contributed by atoms with van der Waals surface area (Å²) in [6.45, 7) is 15.6. The highest BCUT2D eigenvalue weighted by Gasteiger charge is 2.69. The van der Waals surface area contributed by atoms with Crippen LogP contribution in [0.25, 0.3) is 5.57 Å². The van der Waals surface area contributed by atoms with Gasteiger partial charge in [-0.1, -0.05) is 59.2 Å². The smallest absolute Gasteiger partial charge is 0.335 e. The molecule has 264 valence electrons. The van der Waals surface area contributed by atoms with Crippen molar-refractivity contribution in [2.24, 2.45) is 45.3 Å². The highest BCUT2D eigenvalue weighted by Crippen LogP contribution is 2.76. The second-order valence-electron chi connectivity index (χ2n) is 18.1. The zero-order valence-electron chi connectivity index (χ0n) is 30.1. The van der Waals surface area contributed by atoms with E-state index < -0.39 is 15.8 Å². The molecule has 1 aromatic rings. The van der Waals surface area contributed by atoms with Gasteiger partial charge in [0.15, 0.2) is 9.84 Å². The Labute approximate surface area is 288 Å². The SMILES string of the molecule is CC(C(=O)N[C@]12CCCC1[C@H]1CCC3[C@@]4(C)CC=C(c5ccc(C(=O)O)cc5)C(C)(C)C4CC[C@@]3(C)[C@]1(C)CC2)N1CCS(=O)(=O)CC1. The number of nitrogens with one attached hydrogen (secondary N) is 1. The highest BCUT2D eigenvalue weighted by molar-refractivity contribution is 7.91. The van der Waals surface area contributed by atoms with E-state index in [1.807, 2.05) is 19.1 Å². The van der Waals surface area contributed by atoms with Crippen molar-refractivity contribution in [2.75, 3.05) is 24.6 Å². The summed E-state index contributed by atoms with van der Waals surface area (Å²) < 4.78 is 24.1. The van der Waals surface area contributed by atoms with Crippen LogP contribution in [0.5, 0.6) is 0 Å². The van der Waals surface area contributed by atoms with Crippen LogP contribution in [0.4, 0.5) is 0 Å². The standard InChI is InChI=1S/C40H58N2O5S/c1-26(42-22-24-48(46,47)25-23-42)34(43)41-40-17-7-8-31(40)30-13-14-33-37(4)18-15-29(27-9-11-28(12-10-27)35(44)45)36(2,3)32(37)16-19-39(33,6)38(30,5)20-21-40/h9-12,15,26,30-33H,7-8,13-14,16-25H2,1-6H3,(H,41,43)(H,44,45)/t26?,30-,31?,32?,33?,37+,38-,39-,40+/m1/s1. The van der Waals surface area contributed by atoms with Gasteiger partial charge in [0.2, 0.25) is 5.91 Å².